The van der Waals surface area contributed by atoms with E-state index in [1.165, 1.54) is 13.1 Å². The number of imide groups is 1. The third-order valence-corrected chi connectivity index (χ3v) is 5.13. The number of carbonyl (C=O) groups excluding carboxylic acids is 3. The molecule has 5 N–H and O–H groups in total. The molecule has 0 spiro atoms. The number of hydrogen-bond acceptors (Lipinski definition) is 6. The van der Waals surface area contributed by atoms with Gasteiger partial charge in [0.1, 0.15) is 17.6 Å². The zero-order valence-corrected chi connectivity index (χ0v) is 16.5. The molecule has 1 unspecified atom stereocenters. The molecule has 1 aromatic rings. The van der Waals surface area contributed by atoms with Crippen LogP contribution in [0.2, 0.25) is 0 Å². The molecule has 8 heteroatoms. The molecule has 2 aliphatic rings. The Kier molecular flexibility index (Phi) is 5.72. The Morgan fingerprint density at radius 3 is 2.52 bits per heavy atom. The highest BCUT2D eigenvalue weighted by Gasteiger charge is 2.42. The molecule has 0 aliphatic carbocycles. The van der Waals surface area contributed by atoms with Crippen molar-refractivity contribution >= 4 is 23.4 Å². The first-order valence-corrected chi connectivity index (χ1v) is 9.42. The molecule has 0 radical (unpaired) electrons. The fourth-order valence-electron chi connectivity index (χ4n) is 3.47. The lowest BCUT2D eigenvalue weighted by molar-refractivity contribution is -0.136. The first-order chi connectivity index (χ1) is 13.8. The van der Waals surface area contributed by atoms with Crippen LogP contribution in [0.15, 0.2) is 59.6 Å². The van der Waals surface area contributed by atoms with E-state index >= 15 is 0 Å². The predicted molar refractivity (Wildman–Crippen MR) is 109 cm³/mol. The van der Waals surface area contributed by atoms with Crippen LogP contribution in [-0.2, 0) is 14.4 Å². The summed E-state index contributed by atoms with van der Waals surface area (Å²) in [4.78, 5) is 40.1. The SMILES string of the molecule is CC(C(=O)N/C(N)=C/C=C(\N)c1ccccc1)N1CCCC2=C1C(=O)N(C)C2=O. The van der Waals surface area contributed by atoms with Gasteiger partial charge in [0.15, 0.2) is 0 Å². The average molecular weight is 395 g/mol. The molecule has 0 bridgehead atoms. The number of allylic oxidation sites excluding steroid dienone is 2. The van der Waals surface area contributed by atoms with Crippen LogP contribution in [0.25, 0.3) is 5.70 Å². The summed E-state index contributed by atoms with van der Waals surface area (Å²) in [5.41, 5.74) is 14.1. The van der Waals surface area contributed by atoms with Crippen LogP contribution in [0.5, 0.6) is 0 Å². The highest BCUT2D eigenvalue weighted by atomic mass is 16.2. The molecule has 2 aliphatic heterocycles. The largest absolute Gasteiger partial charge is 0.398 e. The maximum Gasteiger partial charge on any atom is 0.277 e. The third-order valence-electron chi connectivity index (χ3n) is 5.13. The Bertz CT molecular complexity index is 933. The number of likely N-dealkylation sites (N-methyl/N-ethyl adjacent to an activating group) is 1. The number of nitrogens with zero attached hydrogens (tertiary/aromatic N) is 2. The molecule has 3 amide bonds. The van der Waals surface area contributed by atoms with Gasteiger partial charge in [-0.1, -0.05) is 30.3 Å². The molecular formula is C21H25N5O3. The van der Waals surface area contributed by atoms with E-state index in [0.717, 1.165) is 10.5 Å². The van der Waals surface area contributed by atoms with Gasteiger partial charge in [0.25, 0.3) is 11.8 Å². The second-order valence-corrected chi connectivity index (χ2v) is 7.07. The maximum atomic E-state index is 12.7. The molecule has 0 saturated heterocycles. The molecule has 1 atom stereocenters. The summed E-state index contributed by atoms with van der Waals surface area (Å²) >= 11 is 0. The summed E-state index contributed by atoms with van der Waals surface area (Å²) in [6.45, 7) is 2.20. The number of rotatable bonds is 5. The monoisotopic (exact) mass is 395 g/mol. The predicted octanol–water partition coefficient (Wildman–Crippen LogP) is 0.639. The van der Waals surface area contributed by atoms with Crippen LogP contribution >= 0.6 is 0 Å². The lowest BCUT2D eigenvalue weighted by Crippen LogP contribution is -2.48. The Morgan fingerprint density at radius 2 is 1.83 bits per heavy atom. The second-order valence-electron chi connectivity index (χ2n) is 7.07. The number of benzene rings is 1. The molecule has 3 rings (SSSR count). The van der Waals surface area contributed by atoms with E-state index in [4.69, 9.17) is 11.5 Å². The molecule has 152 valence electrons. The molecule has 8 nitrogen and oxygen atoms in total. The van der Waals surface area contributed by atoms with Crippen LogP contribution in [-0.4, -0.2) is 47.2 Å². The van der Waals surface area contributed by atoms with E-state index in [0.29, 0.717) is 36.4 Å². The van der Waals surface area contributed by atoms with Gasteiger partial charge in [0, 0.05) is 24.9 Å². The summed E-state index contributed by atoms with van der Waals surface area (Å²) < 4.78 is 0. The van der Waals surface area contributed by atoms with E-state index < -0.39 is 6.04 Å². The van der Waals surface area contributed by atoms with Crippen LogP contribution in [0.3, 0.4) is 0 Å². The number of amides is 3. The van der Waals surface area contributed by atoms with E-state index in [-0.39, 0.29) is 23.5 Å². The minimum absolute atomic E-state index is 0.137. The van der Waals surface area contributed by atoms with Crippen LogP contribution < -0.4 is 16.8 Å². The lowest BCUT2D eigenvalue weighted by Gasteiger charge is -2.33. The zero-order chi connectivity index (χ0) is 21.1. The quantitative estimate of drug-likeness (QED) is 0.497. The van der Waals surface area contributed by atoms with Crippen LogP contribution in [0.4, 0.5) is 0 Å². The first kappa shape index (κ1) is 20.2. The van der Waals surface area contributed by atoms with Crippen molar-refractivity contribution in [2.24, 2.45) is 11.5 Å². The second kappa shape index (κ2) is 8.22. The highest BCUT2D eigenvalue weighted by molar-refractivity contribution is 6.19. The van der Waals surface area contributed by atoms with Crippen molar-refractivity contribution in [1.29, 1.82) is 0 Å². The fraction of sp³-hybridized carbons (Fsp3) is 0.286. The summed E-state index contributed by atoms with van der Waals surface area (Å²) in [5, 5.41) is 2.63. The van der Waals surface area contributed by atoms with Crippen molar-refractivity contribution in [2.45, 2.75) is 25.8 Å². The molecule has 1 aromatic carbocycles. The number of carbonyl (C=O) groups is 3. The van der Waals surface area contributed by atoms with Gasteiger partial charge < -0.3 is 21.7 Å². The Morgan fingerprint density at radius 1 is 1.14 bits per heavy atom. The number of nitrogens with two attached hydrogens (primary N) is 2. The van der Waals surface area contributed by atoms with E-state index in [9.17, 15) is 14.4 Å². The van der Waals surface area contributed by atoms with Crippen molar-refractivity contribution in [2.75, 3.05) is 13.6 Å². The first-order valence-electron chi connectivity index (χ1n) is 9.42. The smallest absolute Gasteiger partial charge is 0.277 e. The van der Waals surface area contributed by atoms with Gasteiger partial charge in [-0.2, -0.15) is 0 Å². The van der Waals surface area contributed by atoms with E-state index in [2.05, 4.69) is 5.32 Å². The summed E-state index contributed by atoms with van der Waals surface area (Å²) in [6, 6.07) is 8.72. The summed E-state index contributed by atoms with van der Waals surface area (Å²) in [6.07, 6.45) is 4.38. The summed E-state index contributed by atoms with van der Waals surface area (Å²) in [5.74, 6) is -0.887. The third kappa shape index (κ3) is 4.01. The molecular weight excluding hydrogens is 370 g/mol. The van der Waals surface area contributed by atoms with Crippen LogP contribution in [0.1, 0.15) is 25.3 Å². The highest BCUT2D eigenvalue weighted by Crippen LogP contribution is 2.31. The van der Waals surface area contributed by atoms with Gasteiger partial charge in [0.2, 0.25) is 5.91 Å². The lowest BCUT2D eigenvalue weighted by atomic mass is 10.0. The average Bonchev–Trinajstić information content (AvgIpc) is 2.96. The molecule has 2 heterocycles. The molecule has 29 heavy (non-hydrogen) atoms. The fourth-order valence-corrected chi connectivity index (χ4v) is 3.47. The Labute approximate surface area is 169 Å². The minimum atomic E-state index is -0.661. The van der Waals surface area contributed by atoms with E-state index in [1.807, 2.05) is 30.3 Å². The molecule has 0 fully saturated rings. The number of nitrogens with one attached hydrogen (secondary N) is 1. The van der Waals surface area contributed by atoms with Gasteiger partial charge in [0.05, 0.1) is 0 Å². The Hall–Kier alpha value is -3.55. The van der Waals surface area contributed by atoms with Crippen molar-refractivity contribution < 1.29 is 14.4 Å². The summed E-state index contributed by atoms with van der Waals surface area (Å²) in [7, 11) is 1.45. The standard InChI is InChI=1S/C21H25N5O3/c1-13(26-12-6-9-15-18(26)21(29)25(2)20(15)28)19(27)24-17(23)11-10-16(22)14-7-4-3-5-8-14/h3-5,7-8,10-11,13H,6,9,12,22-23H2,1-2H3,(H,24,27)/b16-10-,17-11+. The maximum absolute atomic E-state index is 12.7. The van der Waals surface area contributed by atoms with Crippen molar-refractivity contribution in [3.8, 4) is 0 Å². The minimum Gasteiger partial charge on any atom is -0.398 e. The van der Waals surface area contributed by atoms with Gasteiger partial charge >= 0.3 is 0 Å². The van der Waals surface area contributed by atoms with Crippen LogP contribution in [0, 0.1) is 0 Å². The number of hydrogen-bond donors (Lipinski definition) is 3. The van der Waals surface area contributed by atoms with Crippen molar-refractivity contribution in [3.05, 3.63) is 65.1 Å². The topological polar surface area (TPSA) is 122 Å². The molecule has 0 saturated carbocycles. The normalized spacial score (nSPS) is 18.8. The van der Waals surface area contributed by atoms with Gasteiger partial charge in [-0.25, -0.2) is 0 Å². The van der Waals surface area contributed by atoms with Crippen molar-refractivity contribution in [3.63, 3.8) is 0 Å². The van der Waals surface area contributed by atoms with E-state index in [1.54, 1.807) is 17.9 Å². The van der Waals surface area contributed by atoms with Gasteiger partial charge in [-0.15, -0.1) is 0 Å². The van der Waals surface area contributed by atoms with Gasteiger partial charge in [-0.05, 0) is 37.5 Å². The molecule has 0 aromatic heterocycles. The van der Waals surface area contributed by atoms with Gasteiger partial charge in [-0.3, -0.25) is 19.3 Å². The zero-order valence-electron chi connectivity index (χ0n) is 16.5. The van der Waals surface area contributed by atoms with Crippen molar-refractivity contribution in [1.82, 2.24) is 15.1 Å². The Balaban J connectivity index is 1.70.